The summed E-state index contributed by atoms with van der Waals surface area (Å²) in [6.45, 7) is 4.10. The van der Waals surface area contributed by atoms with Crippen LogP contribution in [0.2, 0.25) is 0 Å². The highest BCUT2D eigenvalue weighted by molar-refractivity contribution is 9.10. The Morgan fingerprint density at radius 1 is 1.16 bits per heavy atom. The van der Waals surface area contributed by atoms with Crippen LogP contribution in [0.1, 0.15) is 25.5 Å². The molecule has 134 valence electrons. The zero-order chi connectivity index (χ0) is 18.3. The number of amides is 5. The normalized spacial score (nSPS) is 26.2. The number of urea groups is 2. The predicted octanol–water partition coefficient (Wildman–Crippen LogP) is 2.19. The highest BCUT2D eigenvalue weighted by atomic mass is 79.9. The molecule has 0 radical (unpaired) electrons. The van der Waals surface area contributed by atoms with Crippen molar-refractivity contribution in [1.29, 1.82) is 0 Å². The van der Waals surface area contributed by atoms with Crippen molar-refractivity contribution >= 4 is 33.9 Å². The lowest BCUT2D eigenvalue weighted by Crippen LogP contribution is -2.72. The molecule has 0 aromatic heterocycles. The number of nitrogens with one attached hydrogen (secondary N) is 2. The zero-order valence-electron chi connectivity index (χ0n) is 13.8. The van der Waals surface area contributed by atoms with E-state index < -0.39 is 36.0 Å². The van der Waals surface area contributed by atoms with E-state index >= 15 is 0 Å². The molecule has 3 rings (SSSR count). The molecular weight excluding hydrogens is 395 g/mol. The monoisotopic (exact) mass is 412 g/mol. The summed E-state index contributed by atoms with van der Waals surface area (Å²) in [6, 6.07) is 2.78. The van der Waals surface area contributed by atoms with Crippen LogP contribution in [0.3, 0.4) is 0 Å². The van der Waals surface area contributed by atoms with Gasteiger partial charge in [-0.05, 0) is 47.5 Å². The molecule has 0 aliphatic carbocycles. The third-order valence-corrected chi connectivity index (χ3v) is 5.20. The first kappa shape index (κ1) is 17.7. The molecule has 0 bridgehead atoms. The molecule has 9 heteroatoms. The number of halogens is 2. The fraction of sp³-hybridized carbons (Fsp3) is 0.438. The van der Waals surface area contributed by atoms with Crippen LogP contribution in [0.15, 0.2) is 22.7 Å². The lowest BCUT2D eigenvalue weighted by molar-refractivity contribution is -0.141. The van der Waals surface area contributed by atoms with E-state index in [-0.39, 0.29) is 16.9 Å². The van der Waals surface area contributed by atoms with Gasteiger partial charge in [0.1, 0.15) is 17.9 Å². The van der Waals surface area contributed by atoms with E-state index in [0.717, 1.165) is 0 Å². The molecule has 3 unspecified atom stereocenters. The van der Waals surface area contributed by atoms with Gasteiger partial charge >= 0.3 is 12.1 Å². The number of nitrogens with zero attached hydrogens (tertiary/aromatic N) is 2. The van der Waals surface area contributed by atoms with E-state index in [2.05, 4.69) is 26.6 Å². The van der Waals surface area contributed by atoms with Gasteiger partial charge in [-0.25, -0.2) is 14.0 Å². The van der Waals surface area contributed by atoms with Crippen LogP contribution in [-0.4, -0.2) is 47.0 Å². The minimum Gasteiger partial charge on any atom is -0.330 e. The third kappa shape index (κ3) is 2.86. The Morgan fingerprint density at radius 3 is 2.48 bits per heavy atom. The maximum Gasteiger partial charge on any atom is 0.328 e. The van der Waals surface area contributed by atoms with E-state index in [0.29, 0.717) is 12.1 Å². The molecule has 2 saturated heterocycles. The molecular formula is C16H18BrFN4O3. The molecule has 0 spiro atoms. The van der Waals surface area contributed by atoms with Gasteiger partial charge in [-0.2, -0.15) is 0 Å². The number of hydrogen-bond donors (Lipinski definition) is 2. The number of imide groups is 1. The van der Waals surface area contributed by atoms with Gasteiger partial charge in [-0.15, -0.1) is 0 Å². The fourth-order valence-corrected chi connectivity index (χ4v) is 3.79. The summed E-state index contributed by atoms with van der Waals surface area (Å²) in [6.07, 6.45) is -0.740. The number of fused-ring (bicyclic) bond motifs is 1. The Hall–Kier alpha value is -2.16. The second-order valence-corrected chi connectivity index (χ2v) is 6.75. The third-order valence-electron chi connectivity index (χ3n) is 4.59. The van der Waals surface area contributed by atoms with Crippen LogP contribution in [0.4, 0.5) is 14.0 Å². The molecule has 2 fully saturated rings. The fourth-order valence-electron chi connectivity index (χ4n) is 3.40. The average Bonchev–Trinajstić information content (AvgIpc) is 2.57. The van der Waals surface area contributed by atoms with Crippen molar-refractivity contribution in [3.05, 3.63) is 34.1 Å². The molecule has 2 N–H and O–H groups in total. The molecule has 1 aromatic rings. The summed E-state index contributed by atoms with van der Waals surface area (Å²) < 4.78 is 13.8. The number of hydrogen-bond acceptors (Lipinski definition) is 3. The first-order valence-electron chi connectivity index (χ1n) is 8.03. The van der Waals surface area contributed by atoms with E-state index in [1.54, 1.807) is 19.9 Å². The molecule has 7 nitrogen and oxygen atoms in total. The number of carbonyl (C=O) groups excluding carboxylic acids is 3. The first-order valence-corrected chi connectivity index (χ1v) is 8.82. The van der Waals surface area contributed by atoms with Crippen LogP contribution in [0.5, 0.6) is 0 Å². The second-order valence-electron chi connectivity index (χ2n) is 5.89. The van der Waals surface area contributed by atoms with Crippen molar-refractivity contribution in [3.8, 4) is 0 Å². The van der Waals surface area contributed by atoms with Gasteiger partial charge in [-0.3, -0.25) is 9.69 Å². The summed E-state index contributed by atoms with van der Waals surface area (Å²) in [4.78, 5) is 40.2. The van der Waals surface area contributed by atoms with Crippen molar-refractivity contribution in [1.82, 2.24) is 20.4 Å². The number of benzene rings is 1. The van der Waals surface area contributed by atoms with Crippen molar-refractivity contribution in [3.63, 3.8) is 0 Å². The molecule has 2 aliphatic rings. The lowest BCUT2D eigenvalue weighted by atomic mass is 9.85. The number of rotatable bonds is 3. The number of carbonyl (C=O) groups is 3. The lowest BCUT2D eigenvalue weighted by Gasteiger charge is -2.49. The standard InChI is InChI=1S/C16H18BrFN4O3/c1-3-21-13-11(14(23)22(4-2)16(21)25)12(19-15(24)20-13)8-5-6-10(18)9(17)7-8/h5-7,11-13H,3-4H2,1-2H3,(H2,19,20,24). The molecule has 25 heavy (non-hydrogen) atoms. The molecule has 1 aromatic carbocycles. The maximum atomic E-state index is 13.6. The zero-order valence-corrected chi connectivity index (χ0v) is 15.3. The average molecular weight is 413 g/mol. The van der Waals surface area contributed by atoms with Crippen molar-refractivity contribution in [2.24, 2.45) is 5.92 Å². The Balaban J connectivity index is 2.06. The Kier molecular flexibility index (Phi) is 4.68. The van der Waals surface area contributed by atoms with Crippen LogP contribution >= 0.6 is 15.9 Å². The van der Waals surface area contributed by atoms with Gasteiger partial charge in [0.15, 0.2) is 0 Å². The largest absolute Gasteiger partial charge is 0.330 e. The second kappa shape index (κ2) is 6.62. The van der Waals surface area contributed by atoms with E-state index in [9.17, 15) is 18.8 Å². The van der Waals surface area contributed by atoms with Gasteiger partial charge in [-0.1, -0.05) is 6.07 Å². The SMILES string of the molecule is CCN1C(=O)C2C(c3ccc(F)c(Br)c3)NC(=O)NC2N(CC)C1=O. The summed E-state index contributed by atoms with van der Waals surface area (Å²) in [5.41, 5.74) is 0.591. The smallest absolute Gasteiger partial charge is 0.328 e. The van der Waals surface area contributed by atoms with Crippen molar-refractivity contribution in [2.75, 3.05) is 13.1 Å². The molecule has 2 heterocycles. The summed E-state index contributed by atoms with van der Waals surface area (Å²) in [5, 5.41) is 5.41. The molecule has 5 amide bonds. The Bertz CT molecular complexity index is 744. The first-order chi connectivity index (χ1) is 11.9. The minimum atomic E-state index is -0.740. The molecule has 3 atom stereocenters. The highest BCUT2D eigenvalue weighted by Gasteiger charge is 2.52. The Morgan fingerprint density at radius 2 is 1.88 bits per heavy atom. The minimum absolute atomic E-state index is 0.241. The van der Waals surface area contributed by atoms with Gasteiger partial charge in [0, 0.05) is 13.1 Å². The summed E-state index contributed by atoms with van der Waals surface area (Å²) >= 11 is 3.13. The van der Waals surface area contributed by atoms with Gasteiger partial charge < -0.3 is 15.5 Å². The van der Waals surface area contributed by atoms with Gasteiger partial charge in [0.25, 0.3) is 0 Å². The van der Waals surface area contributed by atoms with Crippen LogP contribution in [0.25, 0.3) is 0 Å². The highest BCUT2D eigenvalue weighted by Crippen LogP contribution is 2.35. The van der Waals surface area contributed by atoms with Gasteiger partial charge in [0.05, 0.1) is 10.5 Å². The van der Waals surface area contributed by atoms with Crippen molar-refractivity contribution < 1.29 is 18.8 Å². The van der Waals surface area contributed by atoms with E-state index in [4.69, 9.17) is 0 Å². The topological polar surface area (TPSA) is 81.8 Å². The summed E-state index contributed by atoms with van der Waals surface area (Å²) in [5.74, 6) is -1.50. The van der Waals surface area contributed by atoms with Crippen LogP contribution in [0, 0.1) is 11.7 Å². The van der Waals surface area contributed by atoms with Gasteiger partial charge in [0.2, 0.25) is 5.91 Å². The predicted molar refractivity (Wildman–Crippen MR) is 90.9 cm³/mol. The molecule has 0 saturated carbocycles. The molecule has 2 aliphatic heterocycles. The quantitative estimate of drug-likeness (QED) is 0.797. The van der Waals surface area contributed by atoms with Crippen LogP contribution in [-0.2, 0) is 4.79 Å². The maximum absolute atomic E-state index is 13.6. The van der Waals surface area contributed by atoms with E-state index in [1.165, 1.54) is 21.9 Å². The van der Waals surface area contributed by atoms with Crippen molar-refractivity contribution in [2.45, 2.75) is 26.1 Å². The Labute approximate surface area is 152 Å². The summed E-state index contributed by atoms with van der Waals surface area (Å²) in [7, 11) is 0. The van der Waals surface area contributed by atoms with E-state index in [1.807, 2.05) is 0 Å². The van der Waals surface area contributed by atoms with Crippen LogP contribution < -0.4 is 10.6 Å².